The molecule has 3 aromatic heterocycles. The average molecular weight is 406 g/mol. The fourth-order valence-electron chi connectivity index (χ4n) is 3.01. The van der Waals surface area contributed by atoms with Gasteiger partial charge in [0.2, 0.25) is 5.95 Å². The van der Waals surface area contributed by atoms with Gasteiger partial charge in [-0.2, -0.15) is 19.6 Å². The highest BCUT2D eigenvalue weighted by Gasteiger charge is 2.26. The quantitative estimate of drug-likeness (QED) is 0.413. The molecule has 0 aromatic carbocycles. The molecule has 152 valence electrons. The zero-order valence-electron chi connectivity index (χ0n) is 16.0. The largest absolute Gasteiger partial charge is 0.454 e. The fourth-order valence-corrected chi connectivity index (χ4v) is 3.01. The summed E-state index contributed by atoms with van der Waals surface area (Å²) in [5, 5.41) is 12.3. The summed E-state index contributed by atoms with van der Waals surface area (Å²) in [4.78, 5) is 36.5. The number of rotatable bonds is 6. The number of pyridine rings is 1. The Morgan fingerprint density at radius 2 is 2.13 bits per heavy atom. The second-order valence-corrected chi connectivity index (χ2v) is 7.06. The zero-order valence-corrected chi connectivity index (χ0v) is 16.0. The van der Waals surface area contributed by atoms with Crippen molar-refractivity contribution in [3.8, 4) is 6.01 Å². The van der Waals surface area contributed by atoms with E-state index in [2.05, 4.69) is 36.0 Å². The molecule has 4 heterocycles. The molecule has 3 aromatic rings. The van der Waals surface area contributed by atoms with Gasteiger partial charge in [0.15, 0.2) is 5.65 Å². The van der Waals surface area contributed by atoms with Crippen LogP contribution in [0.1, 0.15) is 37.1 Å². The lowest BCUT2D eigenvalue weighted by Gasteiger charge is -2.14. The Morgan fingerprint density at radius 1 is 1.27 bits per heavy atom. The molecule has 2 fully saturated rings. The molecule has 1 aliphatic carbocycles. The van der Waals surface area contributed by atoms with Crippen LogP contribution in [0.2, 0.25) is 0 Å². The van der Waals surface area contributed by atoms with Gasteiger partial charge in [-0.15, -0.1) is 0 Å². The Balaban J connectivity index is 1.53. The number of anilines is 1. The average Bonchev–Trinajstić information content (AvgIpc) is 3.37. The van der Waals surface area contributed by atoms with E-state index < -0.39 is 11.9 Å². The molecule has 0 radical (unpaired) electrons. The van der Waals surface area contributed by atoms with E-state index in [9.17, 15) is 9.59 Å². The second-order valence-electron chi connectivity index (χ2n) is 7.06. The molecule has 11 nitrogen and oxygen atoms in total. The Bertz CT molecular complexity index is 1170. The maximum absolute atomic E-state index is 11.9. The van der Waals surface area contributed by atoms with Gasteiger partial charge in [-0.05, 0) is 38.0 Å². The number of hydrogen-bond donors (Lipinski definition) is 3. The lowest BCUT2D eigenvalue weighted by molar-refractivity contribution is -0.115. The van der Waals surface area contributed by atoms with Crippen molar-refractivity contribution in [2.45, 2.75) is 31.9 Å². The monoisotopic (exact) mass is 406 g/mol. The third-order valence-electron chi connectivity index (χ3n) is 4.69. The third-order valence-corrected chi connectivity index (χ3v) is 4.69. The highest BCUT2D eigenvalue weighted by atomic mass is 16.5. The molecule has 11 heteroatoms. The fraction of sp³-hybridized carbons (Fsp3) is 0.263. The predicted octanol–water partition coefficient (Wildman–Crippen LogP) is 1.41. The minimum absolute atomic E-state index is 0.120. The Hall–Kier alpha value is -4.02. The van der Waals surface area contributed by atoms with Crippen LogP contribution in [0.5, 0.6) is 6.01 Å². The molecule has 1 saturated heterocycles. The molecule has 2 aliphatic rings. The number of amides is 3. The van der Waals surface area contributed by atoms with Crippen LogP contribution in [-0.4, -0.2) is 42.5 Å². The molecule has 0 unspecified atom stereocenters. The topological polar surface area (TPSA) is 135 Å². The molecule has 3 amide bonds. The highest BCUT2D eigenvalue weighted by molar-refractivity contribution is 6.14. The van der Waals surface area contributed by atoms with Crippen LogP contribution < -0.4 is 20.7 Å². The van der Waals surface area contributed by atoms with Crippen LogP contribution in [-0.2, 0) is 4.79 Å². The number of carbonyl (C=O) groups is 2. The van der Waals surface area contributed by atoms with E-state index in [1.165, 1.54) is 6.08 Å². The molecular formula is C19H18N8O3. The first-order valence-electron chi connectivity index (χ1n) is 9.51. The van der Waals surface area contributed by atoms with Crippen molar-refractivity contribution in [1.82, 2.24) is 35.2 Å². The predicted molar refractivity (Wildman–Crippen MR) is 105 cm³/mol. The second kappa shape index (κ2) is 7.10. The summed E-state index contributed by atoms with van der Waals surface area (Å²) in [5.41, 5.74) is 1.85. The lowest BCUT2D eigenvalue weighted by Crippen LogP contribution is -2.22. The van der Waals surface area contributed by atoms with Crippen molar-refractivity contribution in [3.63, 3.8) is 0 Å². The van der Waals surface area contributed by atoms with Crippen molar-refractivity contribution >= 4 is 29.6 Å². The smallest absolute Gasteiger partial charge is 0.326 e. The summed E-state index contributed by atoms with van der Waals surface area (Å²) in [6.07, 6.45) is 6.50. The van der Waals surface area contributed by atoms with Crippen molar-refractivity contribution < 1.29 is 14.3 Å². The Morgan fingerprint density at radius 3 is 2.83 bits per heavy atom. The van der Waals surface area contributed by atoms with Gasteiger partial charge in [0, 0.05) is 17.8 Å². The van der Waals surface area contributed by atoms with Crippen LogP contribution in [0.3, 0.4) is 0 Å². The first kappa shape index (κ1) is 18.0. The van der Waals surface area contributed by atoms with Gasteiger partial charge in [-0.1, -0.05) is 6.07 Å². The number of fused-ring (bicyclic) bond motifs is 1. The number of ether oxygens (including phenoxy) is 1. The Kier molecular flexibility index (Phi) is 4.27. The number of imide groups is 1. The summed E-state index contributed by atoms with van der Waals surface area (Å²) in [7, 11) is 0. The molecule has 3 N–H and O–H groups in total. The van der Waals surface area contributed by atoms with E-state index in [-0.39, 0.29) is 17.8 Å². The van der Waals surface area contributed by atoms with Crippen molar-refractivity contribution in [3.05, 3.63) is 47.5 Å². The summed E-state index contributed by atoms with van der Waals surface area (Å²) in [6, 6.07) is 5.50. The van der Waals surface area contributed by atoms with Crippen LogP contribution in [0.4, 0.5) is 10.7 Å². The number of nitrogens with zero attached hydrogens (tertiary/aromatic N) is 5. The van der Waals surface area contributed by atoms with E-state index >= 15 is 0 Å². The maximum atomic E-state index is 11.9. The summed E-state index contributed by atoms with van der Waals surface area (Å²) in [6.45, 7) is 1.86. The SMILES string of the molecule is C[C@H](Oc1nc(NC2CC2)n2ncc(/C=C3\NC(=O)NC3=O)c2n1)c1ccccn1. The molecule has 30 heavy (non-hydrogen) atoms. The first-order chi connectivity index (χ1) is 14.6. The van der Waals surface area contributed by atoms with E-state index in [0.29, 0.717) is 23.2 Å². The Labute approximate surface area is 170 Å². The molecule has 0 spiro atoms. The van der Waals surface area contributed by atoms with Crippen molar-refractivity contribution in [1.29, 1.82) is 0 Å². The summed E-state index contributed by atoms with van der Waals surface area (Å²) < 4.78 is 7.50. The van der Waals surface area contributed by atoms with Gasteiger partial charge in [0.05, 0.1) is 11.9 Å². The maximum Gasteiger partial charge on any atom is 0.326 e. The minimum Gasteiger partial charge on any atom is -0.454 e. The number of nitrogens with one attached hydrogen (secondary N) is 3. The molecule has 0 bridgehead atoms. The highest BCUT2D eigenvalue weighted by Crippen LogP contribution is 2.27. The number of carbonyl (C=O) groups excluding carboxylic acids is 2. The van der Waals surface area contributed by atoms with Crippen molar-refractivity contribution in [2.24, 2.45) is 0 Å². The standard InChI is InChI=1S/C19H18N8O3/c1-10(13-4-2-3-7-20-13)30-19-24-15-11(8-14-16(28)25-18(29)23-14)9-21-27(15)17(26-19)22-12-5-6-12/h2-4,7-10,12H,5-6H2,1H3,(H,22,24,26)(H2,23,25,28,29)/b14-8-/t10-/m0/s1. The van der Waals surface area contributed by atoms with Gasteiger partial charge >= 0.3 is 12.0 Å². The van der Waals surface area contributed by atoms with E-state index in [0.717, 1.165) is 18.5 Å². The van der Waals surface area contributed by atoms with Gasteiger partial charge in [-0.3, -0.25) is 15.1 Å². The molecule has 1 atom stereocenters. The van der Waals surface area contributed by atoms with Gasteiger partial charge in [0.25, 0.3) is 5.91 Å². The van der Waals surface area contributed by atoms with E-state index in [1.807, 2.05) is 25.1 Å². The number of aromatic nitrogens is 5. The molecule has 5 rings (SSSR count). The third kappa shape index (κ3) is 3.52. The van der Waals surface area contributed by atoms with Crippen LogP contribution in [0, 0.1) is 0 Å². The first-order valence-corrected chi connectivity index (χ1v) is 9.51. The van der Waals surface area contributed by atoms with Crippen molar-refractivity contribution in [2.75, 3.05) is 5.32 Å². The van der Waals surface area contributed by atoms with Crippen LogP contribution in [0.25, 0.3) is 11.7 Å². The number of hydrogen-bond acceptors (Lipinski definition) is 8. The summed E-state index contributed by atoms with van der Waals surface area (Å²) >= 11 is 0. The lowest BCUT2D eigenvalue weighted by atomic mass is 10.2. The van der Waals surface area contributed by atoms with Gasteiger partial charge in [-0.25, -0.2) is 4.79 Å². The van der Waals surface area contributed by atoms with Crippen LogP contribution in [0.15, 0.2) is 36.3 Å². The normalized spacial score (nSPS) is 18.4. The van der Waals surface area contributed by atoms with Gasteiger partial charge < -0.3 is 15.4 Å². The molecule has 1 aliphatic heterocycles. The van der Waals surface area contributed by atoms with E-state index in [4.69, 9.17) is 4.74 Å². The minimum atomic E-state index is -0.568. The summed E-state index contributed by atoms with van der Waals surface area (Å²) in [5.74, 6) is -0.0136. The van der Waals surface area contributed by atoms with E-state index in [1.54, 1.807) is 16.9 Å². The number of urea groups is 1. The van der Waals surface area contributed by atoms with Gasteiger partial charge in [0.1, 0.15) is 11.8 Å². The van der Waals surface area contributed by atoms with Crippen LogP contribution >= 0.6 is 0 Å². The zero-order chi connectivity index (χ0) is 20.7. The molecule has 1 saturated carbocycles. The molecular weight excluding hydrogens is 388 g/mol.